The number of hydrogen-bond acceptors (Lipinski definition) is 4. The first-order chi connectivity index (χ1) is 12.6. The summed E-state index contributed by atoms with van der Waals surface area (Å²) in [5.41, 5.74) is 0.820. The molecule has 1 aromatic carbocycles. The highest BCUT2D eigenvalue weighted by atomic mass is 35.5. The van der Waals surface area contributed by atoms with Gasteiger partial charge in [0.05, 0.1) is 11.2 Å². The first kappa shape index (κ1) is 18.9. The lowest BCUT2D eigenvalue weighted by Gasteiger charge is -2.26. The van der Waals surface area contributed by atoms with Crippen LogP contribution < -0.4 is 0 Å². The average molecular weight is 376 g/mol. The van der Waals surface area contributed by atoms with Crippen LogP contribution in [0.25, 0.3) is 11.3 Å². The standard InChI is InChI=1S/C20H26ClN3O2/c1-3-23(4-2)15-11-12-24(14-15)20(25)10-9-19-22-13-18(26-19)16-7-5-6-8-17(16)21/h5-8,13,15H,3-4,9-12,14H2,1-2H3/t15-/m1/s1. The van der Waals surface area contributed by atoms with Crippen molar-refractivity contribution in [2.45, 2.75) is 39.2 Å². The maximum absolute atomic E-state index is 12.5. The van der Waals surface area contributed by atoms with Gasteiger partial charge in [-0.25, -0.2) is 4.98 Å². The Morgan fingerprint density at radius 3 is 2.85 bits per heavy atom. The minimum absolute atomic E-state index is 0.178. The van der Waals surface area contributed by atoms with Crippen LogP contribution in [0.1, 0.15) is 32.6 Å². The Morgan fingerprint density at radius 1 is 1.35 bits per heavy atom. The van der Waals surface area contributed by atoms with Gasteiger partial charge >= 0.3 is 0 Å². The van der Waals surface area contributed by atoms with Crippen LogP contribution in [0.4, 0.5) is 0 Å². The predicted octanol–water partition coefficient (Wildman–Crippen LogP) is 3.87. The number of nitrogens with zero attached hydrogens (tertiary/aromatic N) is 3. The van der Waals surface area contributed by atoms with Gasteiger partial charge in [-0.2, -0.15) is 0 Å². The van der Waals surface area contributed by atoms with E-state index in [-0.39, 0.29) is 5.91 Å². The molecular formula is C20H26ClN3O2. The number of likely N-dealkylation sites (tertiary alicyclic amines) is 1. The number of aryl methyl sites for hydroxylation is 1. The number of carbonyl (C=O) groups is 1. The van der Waals surface area contributed by atoms with Crippen molar-refractivity contribution < 1.29 is 9.21 Å². The Kier molecular flexibility index (Phi) is 6.33. The Morgan fingerprint density at radius 2 is 2.12 bits per heavy atom. The fraction of sp³-hybridized carbons (Fsp3) is 0.500. The Balaban J connectivity index is 1.54. The van der Waals surface area contributed by atoms with Crippen molar-refractivity contribution in [2.75, 3.05) is 26.2 Å². The summed E-state index contributed by atoms with van der Waals surface area (Å²) in [6.07, 6.45) is 3.67. The maximum Gasteiger partial charge on any atom is 0.223 e. The number of likely N-dealkylation sites (N-methyl/N-ethyl adjacent to an activating group) is 1. The number of oxazole rings is 1. The smallest absolute Gasteiger partial charge is 0.223 e. The van der Waals surface area contributed by atoms with E-state index in [1.807, 2.05) is 29.2 Å². The second-order valence-electron chi connectivity index (χ2n) is 6.60. The Bertz CT molecular complexity index is 742. The van der Waals surface area contributed by atoms with Gasteiger partial charge in [0.25, 0.3) is 0 Å². The van der Waals surface area contributed by atoms with E-state index in [1.165, 1.54) is 0 Å². The van der Waals surface area contributed by atoms with Crippen LogP contribution in [0.3, 0.4) is 0 Å². The third kappa shape index (κ3) is 4.27. The van der Waals surface area contributed by atoms with E-state index in [1.54, 1.807) is 6.20 Å². The van der Waals surface area contributed by atoms with E-state index >= 15 is 0 Å². The molecule has 0 saturated carbocycles. The molecular weight excluding hydrogens is 350 g/mol. The molecule has 1 aliphatic rings. The molecule has 1 aromatic heterocycles. The average Bonchev–Trinajstić information content (AvgIpc) is 3.31. The van der Waals surface area contributed by atoms with Crippen LogP contribution in [0.5, 0.6) is 0 Å². The quantitative estimate of drug-likeness (QED) is 0.737. The normalized spacial score (nSPS) is 17.2. The lowest BCUT2D eigenvalue weighted by Crippen LogP contribution is -2.38. The zero-order chi connectivity index (χ0) is 18.5. The number of aromatic nitrogens is 1. The van der Waals surface area contributed by atoms with Crippen molar-refractivity contribution in [3.05, 3.63) is 41.4 Å². The zero-order valence-corrected chi connectivity index (χ0v) is 16.2. The molecule has 2 heterocycles. The van der Waals surface area contributed by atoms with E-state index in [2.05, 4.69) is 23.7 Å². The Labute approximate surface area is 159 Å². The van der Waals surface area contributed by atoms with E-state index in [4.69, 9.17) is 16.0 Å². The van der Waals surface area contributed by atoms with Crippen molar-refractivity contribution >= 4 is 17.5 Å². The molecule has 1 aliphatic heterocycles. The van der Waals surface area contributed by atoms with Gasteiger partial charge in [-0.15, -0.1) is 0 Å². The van der Waals surface area contributed by atoms with Crippen LogP contribution >= 0.6 is 11.6 Å². The lowest BCUT2D eigenvalue weighted by molar-refractivity contribution is -0.130. The Hall–Kier alpha value is -1.85. The second-order valence-corrected chi connectivity index (χ2v) is 7.01. The van der Waals surface area contributed by atoms with Gasteiger partial charge in [0.15, 0.2) is 11.7 Å². The van der Waals surface area contributed by atoms with Crippen LogP contribution in [0.15, 0.2) is 34.9 Å². The number of rotatable bonds is 7. The molecule has 0 bridgehead atoms. The fourth-order valence-corrected chi connectivity index (χ4v) is 3.82. The van der Waals surface area contributed by atoms with Crippen LogP contribution in [-0.2, 0) is 11.2 Å². The van der Waals surface area contributed by atoms with Gasteiger partial charge in [-0.1, -0.05) is 37.6 Å². The third-order valence-corrected chi connectivity index (χ3v) is 5.42. The minimum atomic E-state index is 0.178. The van der Waals surface area contributed by atoms with Crippen molar-refractivity contribution in [3.8, 4) is 11.3 Å². The van der Waals surface area contributed by atoms with E-state index < -0.39 is 0 Å². The van der Waals surface area contributed by atoms with Gasteiger partial charge in [0.2, 0.25) is 5.91 Å². The summed E-state index contributed by atoms with van der Waals surface area (Å²) in [5, 5.41) is 0.630. The van der Waals surface area contributed by atoms with Crippen LogP contribution in [0.2, 0.25) is 5.02 Å². The van der Waals surface area contributed by atoms with Crippen molar-refractivity contribution in [2.24, 2.45) is 0 Å². The molecule has 1 amide bonds. The molecule has 1 fully saturated rings. The molecule has 1 saturated heterocycles. The highest BCUT2D eigenvalue weighted by Crippen LogP contribution is 2.28. The summed E-state index contributed by atoms with van der Waals surface area (Å²) in [6.45, 7) is 8.09. The van der Waals surface area contributed by atoms with Crippen molar-refractivity contribution in [1.82, 2.24) is 14.8 Å². The van der Waals surface area contributed by atoms with Gasteiger partial charge in [0.1, 0.15) is 0 Å². The number of carbonyl (C=O) groups excluding carboxylic acids is 1. The zero-order valence-electron chi connectivity index (χ0n) is 15.4. The van der Waals surface area contributed by atoms with Crippen molar-refractivity contribution in [1.29, 1.82) is 0 Å². The number of halogens is 1. The molecule has 3 rings (SSSR count). The lowest BCUT2D eigenvalue weighted by atomic mass is 10.2. The molecule has 6 heteroatoms. The van der Waals surface area contributed by atoms with Crippen LogP contribution in [0, 0.1) is 0 Å². The number of hydrogen-bond donors (Lipinski definition) is 0. The van der Waals surface area contributed by atoms with E-state index in [9.17, 15) is 4.79 Å². The summed E-state index contributed by atoms with van der Waals surface area (Å²) in [6, 6.07) is 8.00. The summed E-state index contributed by atoms with van der Waals surface area (Å²) >= 11 is 6.19. The molecule has 2 aromatic rings. The SMILES string of the molecule is CCN(CC)[C@@H]1CCN(C(=O)CCc2ncc(-c3ccccc3Cl)o2)C1. The fourth-order valence-electron chi connectivity index (χ4n) is 3.59. The van der Waals surface area contributed by atoms with Crippen molar-refractivity contribution in [3.63, 3.8) is 0 Å². The maximum atomic E-state index is 12.5. The van der Waals surface area contributed by atoms with Gasteiger partial charge in [-0.3, -0.25) is 9.69 Å². The molecule has 0 unspecified atom stereocenters. The summed E-state index contributed by atoms with van der Waals surface area (Å²) in [7, 11) is 0. The molecule has 0 radical (unpaired) electrons. The summed E-state index contributed by atoms with van der Waals surface area (Å²) < 4.78 is 5.78. The van der Waals surface area contributed by atoms with Gasteiger partial charge in [0, 0.05) is 37.5 Å². The third-order valence-electron chi connectivity index (χ3n) is 5.09. The minimum Gasteiger partial charge on any atom is -0.441 e. The largest absolute Gasteiger partial charge is 0.441 e. The van der Waals surface area contributed by atoms with Gasteiger partial charge < -0.3 is 9.32 Å². The molecule has 0 N–H and O–H groups in total. The summed E-state index contributed by atoms with van der Waals surface area (Å²) in [4.78, 5) is 21.2. The molecule has 0 spiro atoms. The first-order valence-corrected chi connectivity index (χ1v) is 9.71. The second kappa shape index (κ2) is 8.69. The monoisotopic (exact) mass is 375 g/mol. The van der Waals surface area contributed by atoms with Crippen LogP contribution in [-0.4, -0.2) is 52.9 Å². The topological polar surface area (TPSA) is 49.6 Å². The van der Waals surface area contributed by atoms with E-state index in [0.717, 1.165) is 38.2 Å². The van der Waals surface area contributed by atoms with E-state index in [0.29, 0.717) is 35.6 Å². The first-order valence-electron chi connectivity index (χ1n) is 9.33. The molecule has 140 valence electrons. The molecule has 5 nitrogen and oxygen atoms in total. The molecule has 26 heavy (non-hydrogen) atoms. The van der Waals surface area contributed by atoms with Gasteiger partial charge in [-0.05, 0) is 31.6 Å². The highest BCUT2D eigenvalue weighted by molar-refractivity contribution is 6.33. The predicted molar refractivity (Wildman–Crippen MR) is 103 cm³/mol. The number of amides is 1. The summed E-state index contributed by atoms with van der Waals surface area (Å²) in [5.74, 6) is 1.39. The molecule has 0 aliphatic carbocycles. The highest BCUT2D eigenvalue weighted by Gasteiger charge is 2.29. The molecule has 1 atom stereocenters. The number of benzene rings is 1.